The summed E-state index contributed by atoms with van der Waals surface area (Å²) in [5, 5.41) is 3.09. The Kier molecular flexibility index (Phi) is 5.01. The van der Waals surface area contributed by atoms with Gasteiger partial charge in [-0.1, -0.05) is 30.3 Å². The number of anilines is 2. The van der Waals surface area contributed by atoms with E-state index in [1.165, 1.54) is 5.56 Å². The highest BCUT2D eigenvalue weighted by Gasteiger charge is 2.21. The van der Waals surface area contributed by atoms with Crippen molar-refractivity contribution < 1.29 is 4.79 Å². The van der Waals surface area contributed by atoms with E-state index in [0.29, 0.717) is 16.9 Å². The molecule has 1 fully saturated rings. The molecule has 24 heavy (non-hydrogen) atoms. The van der Waals surface area contributed by atoms with Crippen LogP contribution in [0.4, 0.5) is 11.4 Å². The number of carbonyl (C=O) groups is 1. The Hall–Kier alpha value is -2.53. The molecular weight excluding hydrogens is 300 g/mol. The first-order valence-electron chi connectivity index (χ1n) is 8.34. The van der Waals surface area contributed by atoms with Gasteiger partial charge >= 0.3 is 0 Å². The van der Waals surface area contributed by atoms with Crippen LogP contribution in [0, 0.1) is 0 Å². The molecule has 0 aliphatic carbocycles. The average Bonchev–Trinajstić information content (AvgIpc) is 2.57. The molecule has 5 nitrogen and oxygen atoms in total. The molecule has 1 amide bonds. The third kappa shape index (κ3) is 4.06. The van der Waals surface area contributed by atoms with E-state index in [-0.39, 0.29) is 11.9 Å². The van der Waals surface area contributed by atoms with Crippen molar-refractivity contribution in [3.8, 4) is 0 Å². The Bertz CT molecular complexity index is 694. The van der Waals surface area contributed by atoms with Crippen LogP contribution in [0.1, 0.15) is 28.8 Å². The van der Waals surface area contributed by atoms with Crippen LogP contribution in [0.15, 0.2) is 48.5 Å². The van der Waals surface area contributed by atoms with Gasteiger partial charge in [-0.3, -0.25) is 9.69 Å². The van der Waals surface area contributed by atoms with Crippen LogP contribution >= 0.6 is 0 Å². The fraction of sp³-hybridized carbons (Fsp3) is 0.316. The van der Waals surface area contributed by atoms with Gasteiger partial charge in [-0.05, 0) is 36.6 Å². The summed E-state index contributed by atoms with van der Waals surface area (Å²) >= 11 is 0. The van der Waals surface area contributed by atoms with E-state index in [0.717, 1.165) is 32.5 Å². The Morgan fingerprint density at radius 2 is 1.79 bits per heavy atom. The number of hydrogen-bond donors (Lipinski definition) is 3. The highest BCUT2D eigenvalue weighted by atomic mass is 16.1. The molecule has 2 aromatic carbocycles. The van der Waals surface area contributed by atoms with E-state index in [4.69, 9.17) is 11.5 Å². The van der Waals surface area contributed by atoms with Crippen molar-refractivity contribution in [2.24, 2.45) is 0 Å². The number of amides is 1. The third-order valence-corrected chi connectivity index (χ3v) is 4.49. The predicted molar refractivity (Wildman–Crippen MR) is 97.5 cm³/mol. The largest absolute Gasteiger partial charge is 0.399 e. The topological polar surface area (TPSA) is 84.4 Å². The number of nitrogen functional groups attached to an aromatic ring is 2. The van der Waals surface area contributed by atoms with Crippen LogP contribution in [-0.4, -0.2) is 29.9 Å². The average molecular weight is 324 g/mol. The molecule has 0 aromatic heterocycles. The van der Waals surface area contributed by atoms with E-state index in [1.54, 1.807) is 18.2 Å². The first-order valence-corrected chi connectivity index (χ1v) is 8.34. The van der Waals surface area contributed by atoms with Crippen LogP contribution < -0.4 is 16.8 Å². The maximum absolute atomic E-state index is 12.4. The first-order chi connectivity index (χ1) is 11.6. The van der Waals surface area contributed by atoms with E-state index >= 15 is 0 Å². The molecule has 126 valence electrons. The lowest BCUT2D eigenvalue weighted by molar-refractivity contribution is 0.0910. The highest BCUT2D eigenvalue weighted by molar-refractivity contribution is 5.99. The second kappa shape index (κ2) is 7.36. The van der Waals surface area contributed by atoms with Crippen LogP contribution in [-0.2, 0) is 6.54 Å². The number of carbonyl (C=O) groups excluding carboxylic acids is 1. The summed E-state index contributed by atoms with van der Waals surface area (Å²) in [6.07, 6.45) is 1.90. The fourth-order valence-electron chi connectivity index (χ4n) is 3.13. The molecule has 0 bridgehead atoms. The molecule has 1 saturated heterocycles. The zero-order valence-electron chi connectivity index (χ0n) is 13.7. The SMILES string of the molecule is Nc1ccc(C(=O)NC2CCN(Cc3ccccc3)CC2)c(N)c1. The van der Waals surface area contributed by atoms with Crippen molar-refractivity contribution in [3.05, 3.63) is 59.7 Å². The van der Waals surface area contributed by atoms with Gasteiger partial charge in [-0.25, -0.2) is 0 Å². The molecule has 0 atom stereocenters. The third-order valence-electron chi connectivity index (χ3n) is 4.49. The smallest absolute Gasteiger partial charge is 0.253 e. The minimum absolute atomic E-state index is 0.117. The molecule has 0 radical (unpaired) electrons. The van der Waals surface area contributed by atoms with Gasteiger partial charge in [-0.15, -0.1) is 0 Å². The number of rotatable bonds is 4. The van der Waals surface area contributed by atoms with Gasteiger partial charge in [0.25, 0.3) is 5.91 Å². The van der Waals surface area contributed by atoms with Crippen LogP contribution in [0.25, 0.3) is 0 Å². The second-order valence-electron chi connectivity index (χ2n) is 6.36. The van der Waals surface area contributed by atoms with Gasteiger partial charge < -0.3 is 16.8 Å². The summed E-state index contributed by atoms with van der Waals surface area (Å²) in [6, 6.07) is 15.7. The monoisotopic (exact) mass is 324 g/mol. The molecule has 5 N–H and O–H groups in total. The van der Waals surface area contributed by atoms with Crippen molar-refractivity contribution in [1.29, 1.82) is 0 Å². The number of nitrogens with zero attached hydrogens (tertiary/aromatic N) is 1. The second-order valence-corrected chi connectivity index (χ2v) is 6.36. The summed E-state index contributed by atoms with van der Waals surface area (Å²) in [4.78, 5) is 14.8. The zero-order chi connectivity index (χ0) is 16.9. The number of hydrogen-bond acceptors (Lipinski definition) is 4. The first kappa shape index (κ1) is 16.3. The van der Waals surface area contributed by atoms with E-state index in [9.17, 15) is 4.79 Å². The summed E-state index contributed by atoms with van der Waals surface area (Å²) < 4.78 is 0. The maximum atomic E-state index is 12.4. The number of nitrogens with one attached hydrogen (secondary N) is 1. The van der Waals surface area contributed by atoms with Crippen LogP contribution in [0.5, 0.6) is 0 Å². The Morgan fingerprint density at radius 3 is 2.46 bits per heavy atom. The summed E-state index contributed by atoms with van der Waals surface area (Å²) in [7, 11) is 0. The molecule has 0 saturated carbocycles. The maximum Gasteiger partial charge on any atom is 0.253 e. The van der Waals surface area contributed by atoms with E-state index in [2.05, 4.69) is 34.5 Å². The minimum atomic E-state index is -0.117. The Balaban J connectivity index is 1.51. The lowest BCUT2D eigenvalue weighted by Gasteiger charge is -2.32. The number of piperidine rings is 1. The highest BCUT2D eigenvalue weighted by Crippen LogP contribution is 2.18. The van der Waals surface area contributed by atoms with Gasteiger partial charge in [0.1, 0.15) is 0 Å². The minimum Gasteiger partial charge on any atom is -0.399 e. The van der Waals surface area contributed by atoms with Crippen molar-refractivity contribution in [2.45, 2.75) is 25.4 Å². The van der Waals surface area contributed by atoms with E-state index in [1.807, 2.05) is 6.07 Å². The van der Waals surface area contributed by atoms with Crippen molar-refractivity contribution in [3.63, 3.8) is 0 Å². The summed E-state index contributed by atoms with van der Waals surface area (Å²) in [5.41, 5.74) is 14.4. The lowest BCUT2D eigenvalue weighted by atomic mass is 10.0. The molecule has 1 aliphatic heterocycles. The summed E-state index contributed by atoms with van der Waals surface area (Å²) in [6.45, 7) is 2.93. The summed E-state index contributed by atoms with van der Waals surface area (Å²) in [5.74, 6) is -0.117. The van der Waals surface area contributed by atoms with Gasteiger partial charge in [-0.2, -0.15) is 0 Å². The lowest BCUT2D eigenvalue weighted by Crippen LogP contribution is -2.44. The quantitative estimate of drug-likeness (QED) is 0.753. The molecule has 5 heteroatoms. The molecule has 1 heterocycles. The molecule has 0 spiro atoms. The van der Waals surface area contributed by atoms with Gasteiger partial charge in [0, 0.05) is 37.1 Å². The molecule has 3 rings (SSSR count). The Labute approximate surface area is 142 Å². The van der Waals surface area contributed by atoms with Crippen LogP contribution in [0.3, 0.4) is 0 Å². The number of likely N-dealkylation sites (tertiary alicyclic amines) is 1. The van der Waals surface area contributed by atoms with Crippen molar-refractivity contribution >= 4 is 17.3 Å². The van der Waals surface area contributed by atoms with E-state index < -0.39 is 0 Å². The van der Waals surface area contributed by atoms with Gasteiger partial charge in [0.2, 0.25) is 0 Å². The molecule has 2 aromatic rings. The normalized spacial score (nSPS) is 16.0. The van der Waals surface area contributed by atoms with Crippen molar-refractivity contribution in [1.82, 2.24) is 10.2 Å². The van der Waals surface area contributed by atoms with Gasteiger partial charge in [0.15, 0.2) is 0 Å². The number of nitrogens with two attached hydrogens (primary N) is 2. The van der Waals surface area contributed by atoms with Crippen molar-refractivity contribution in [2.75, 3.05) is 24.6 Å². The zero-order valence-corrected chi connectivity index (χ0v) is 13.7. The molecular formula is C19H24N4O. The standard InChI is InChI=1S/C19H24N4O/c20-15-6-7-17(18(21)12-15)19(24)22-16-8-10-23(11-9-16)13-14-4-2-1-3-5-14/h1-7,12,16H,8-11,13,20-21H2,(H,22,24). The van der Waals surface area contributed by atoms with Gasteiger partial charge in [0.05, 0.1) is 5.56 Å². The predicted octanol–water partition coefficient (Wildman–Crippen LogP) is 2.25. The number of benzene rings is 2. The Morgan fingerprint density at radius 1 is 1.08 bits per heavy atom. The molecule has 0 unspecified atom stereocenters. The molecule has 1 aliphatic rings. The fourth-order valence-corrected chi connectivity index (χ4v) is 3.13. The van der Waals surface area contributed by atoms with Crippen LogP contribution in [0.2, 0.25) is 0 Å².